The van der Waals surface area contributed by atoms with Gasteiger partial charge in [0.05, 0.1) is 17.8 Å². The van der Waals surface area contributed by atoms with Crippen molar-refractivity contribution >= 4 is 28.3 Å². The predicted molar refractivity (Wildman–Crippen MR) is 99.3 cm³/mol. The highest BCUT2D eigenvalue weighted by Gasteiger charge is 2.28. The van der Waals surface area contributed by atoms with Gasteiger partial charge >= 0.3 is 6.18 Å². The van der Waals surface area contributed by atoms with Gasteiger partial charge in [0.15, 0.2) is 11.7 Å². The van der Waals surface area contributed by atoms with Crippen molar-refractivity contribution < 1.29 is 22.7 Å². The van der Waals surface area contributed by atoms with E-state index in [4.69, 9.17) is 4.74 Å². The lowest BCUT2D eigenvalue weighted by molar-refractivity contribution is -0.152. The van der Waals surface area contributed by atoms with Crippen LogP contribution in [0.25, 0.3) is 11.0 Å². The van der Waals surface area contributed by atoms with Crippen LogP contribution in [-0.2, 0) is 4.79 Å². The molecule has 0 aliphatic carbocycles. The minimum Gasteiger partial charge on any atom is -0.475 e. The summed E-state index contributed by atoms with van der Waals surface area (Å²) in [6, 6.07) is 4.60. The fourth-order valence-electron chi connectivity index (χ4n) is 2.65. The number of nitrogens with one attached hydrogen (secondary N) is 2. The van der Waals surface area contributed by atoms with E-state index in [1.807, 2.05) is 13.0 Å². The summed E-state index contributed by atoms with van der Waals surface area (Å²) in [5, 5.41) is 3.02. The van der Waals surface area contributed by atoms with Gasteiger partial charge in [-0.2, -0.15) is 13.2 Å². The van der Waals surface area contributed by atoms with Gasteiger partial charge in [-0.1, -0.05) is 6.92 Å². The normalized spacial score (nSPS) is 14.0. The summed E-state index contributed by atoms with van der Waals surface area (Å²) in [7, 11) is 0. The minimum atomic E-state index is -4.38. The Labute approximate surface area is 163 Å². The Kier molecular flexibility index (Phi) is 5.87. The van der Waals surface area contributed by atoms with Gasteiger partial charge in [-0.15, -0.1) is 11.3 Å². The lowest BCUT2D eigenvalue weighted by Gasteiger charge is -2.14. The van der Waals surface area contributed by atoms with Gasteiger partial charge < -0.3 is 15.0 Å². The Morgan fingerprint density at radius 2 is 2.11 bits per heavy atom. The van der Waals surface area contributed by atoms with Crippen LogP contribution in [0.1, 0.15) is 42.9 Å². The SMILES string of the molecule is CC(CC(=O)N[C@H](C)c1ccc(OCC(F)(F)F)s1)c1nc2cnccc2[nH]1. The van der Waals surface area contributed by atoms with E-state index < -0.39 is 12.8 Å². The summed E-state index contributed by atoms with van der Waals surface area (Å²) >= 11 is 1.08. The number of halogens is 3. The number of hydrogen-bond donors (Lipinski definition) is 2. The molecule has 2 atom stereocenters. The lowest BCUT2D eigenvalue weighted by Crippen LogP contribution is -2.27. The number of carbonyl (C=O) groups excluding carboxylic acids is 1. The first kappa shape index (κ1) is 20.1. The molecule has 3 aromatic heterocycles. The summed E-state index contributed by atoms with van der Waals surface area (Å²) in [5.74, 6) is 0.392. The van der Waals surface area contributed by atoms with Gasteiger partial charge in [-0.25, -0.2) is 4.98 Å². The predicted octanol–water partition coefficient (Wildman–Crippen LogP) is 4.33. The number of fused-ring (bicyclic) bond motifs is 1. The zero-order valence-corrected chi connectivity index (χ0v) is 16.0. The molecule has 3 heterocycles. The molecule has 10 heteroatoms. The van der Waals surface area contributed by atoms with Crippen molar-refractivity contribution in [3.63, 3.8) is 0 Å². The zero-order valence-electron chi connectivity index (χ0n) is 15.2. The van der Waals surface area contributed by atoms with Gasteiger partial charge in [0.2, 0.25) is 5.91 Å². The summed E-state index contributed by atoms with van der Waals surface area (Å²) in [6.07, 6.45) is -0.844. The lowest BCUT2D eigenvalue weighted by atomic mass is 10.1. The molecule has 0 spiro atoms. The van der Waals surface area contributed by atoms with Crippen LogP contribution in [0.2, 0.25) is 0 Å². The molecule has 150 valence electrons. The maximum absolute atomic E-state index is 12.3. The summed E-state index contributed by atoms with van der Waals surface area (Å²) in [6.45, 7) is 2.33. The number of thiophene rings is 1. The minimum absolute atomic E-state index is 0.131. The van der Waals surface area contributed by atoms with Crippen LogP contribution in [0.4, 0.5) is 13.2 Å². The van der Waals surface area contributed by atoms with Crippen LogP contribution in [0, 0.1) is 0 Å². The Hall–Kier alpha value is -2.62. The van der Waals surface area contributed by atoms with Crippen LogP contribution < -0.4 is 10.1 Å². The molecule has 0 fully saturated rings. The van der Waals surface area contributed by atoms with Crippen molar-refractivity contribution in [3.8, 4) is 5.06 Å². The number of hydrogen-bond acceptors (Lipinski definition) is 5. The molecule has 3 aromatic rings. The molecule has 3 rings (SSSR count). The monoisotopic (exact) mass is 412 g/mol. The van der Waals surface area contributed by atoms with Crippen molar-refractivity contribution in [2.24, 2.45) is 0 Å². The standard InChI is InChI=1S/C18H19F3N4O2S/c1-10(17-24-12-5-6-22-8-13(12)25-17)7-15(26)23-11(2)14-3-4-16(28-14)27-9-18(19,20)21/h3-6,8,10-11H,7,9H2,1-2H3,(H,23,26)(H,24,25)/t10?,11-/m1/s1. The Morgan fingerprint density at radius 1 is 1.32 bits per heavy atom. The second-order valence-corrected chi connectivity index (χ2v) is 7.55. The van der Waals surface area contributed by atoms with Crippen molar-refractivity contribution in [2.45, 2.75) is 38.4 Å². The molecule has 0 aliphatic heterocycles. The van der Waals surface area contributed by atoms with E-state index >= 15 is 0 Å². The van der Waals surface area contributed by atoms with Gasteiger partial charge in [0, 0.05) is 23.4 Å². The van der Waals surface area contributed by atoms with Crippen molar-refractivity contribution in [1.82, 2.24) is 20.3 Å². The van der Waals surface area contributed by atoms with E-state index in [1.165, 1.54) is 6.07 Å². The van der Waals surface area contributed by atoms with E-state index in [9.17, 15) is 18.0 Å². The molecule has 0 saturated carbocycles. The zero-order chi connectivity index (χ0) is 20.3. The second kappa shape index (κ2) is 8.17. The first-order valence-electron chi connectivity index (χ1n) is 8.59. The molecule has 6 nitrogen and oxygen atoms in total. The largest absolute Gasteiger partial charge is 0.475 e. The molecule has 1 unspecified atom stereocenters. The van der Waals surface area contributed by atoms with Gasteiger partial charge in [-0.3, -0.25) is 9.78 Å². The number of carbonyl (C=O) groups is 1. The van der Waals surface area contributed by atoms with Crippen LogP contribution in [0.15, 0.2) is 30.6 Å². The summed E-state index contributed by atoms with van der Waals surface area (Å²) < 4.78 is 41.4. The van der Waals surface area contributed by atoms with E-state index in [0.717, 1.165) is 22.4 Å². The molecule has 28 heavy (non-hydrogen) atoms. The highest BCUT2D eigenvalue weighted by molar-refractivity contribution is 7.13. The molecule has 0 aromatic carbocycles. The smallest absolute Gasteiger partial charge is 0.422 e. The molecular weight excluding hydrogens is 393 g/mol. The van der Waals surface area contributed by atoms with Crippen molar-refractivity contribution in [2.75, 3.05) is 6.61 Å². The number of rotatable bonds is 7. The Bertz CT molecular complexity index is 921. The maximum atomic E-state index is 12.3. The number of ether oxygens (including phenoxy) is 1. The number of imidazole rings is 1. The Morgan fingerprint density at radius 3 is 2.82 bits per heavy atom. The first-order valence-corrected chi connectivity index (χ1v) is 9.41. The summed E-state index contributed by atoms with van der Waals surface area (Å²) in [4.78, 5) is 24.7. The quantitative estimate of drug-likeness (QED) is 0.605. The fourth-order valence-corrected chi connectivity index (χ4v) is 3.51. The van der Waals surface area contributed by atoms with Gasteiger partial charge in [-0.05, 0) is 25.1 Å². The summed E-state index contributed by atoms with van der Waals surface area (Å²) in [5.41, 5.74) is 1.60. The third-order valence-electron chi connectivity index (χ3n) is 4.05. The van der Waals surface area contributed by atoms with E-state index in [1.54, 1.807) is 25.4 Å². The Balaban J connectivity index is 1.54. The van der Waals surface area contributed by atoms with E-state index in [-0.39, 0.29) is 29.4 Å². The van der Waals surface area contributed by atoms with Crippen LogP contribution in [0.3, 0.4) is 0 Å². The van der Waals surface area contributed by atoms with Crippen LogP contribution in [-0.4, -0.2) is 33.6 Å². The molecule has 2 N–H and O–H groups in total. The van der Waals surface area contributed by atoms with E-state index in [0.29, 0.717) is 10.7 Å². The third kappa shape index (κ3) is 5.22. The molecule has 0 aliphatic rings. The maximum Gasteiger partial charge on any atom is 0.422 e. The number of pyridine rings is 1. The number of nitrogens with zero attached hydrogens (tertiary/aromatic N) is 2. The number of aromatic amines is 1. The topological polar surface area (TPSA) is 79.9 Å². The molecule has 1 amide bonds. The number of aromatic nitrogens is 3. The number of alkyl halides is 3. The third-order valence-corrected chi connectivity index (χ3v) is 5.23. The number of H-pyrrole nitrogens is 1. The molecular formula is C18H19F3N4O2S. The average Bonchev–Trinajstić information content (AvgIpc) is 3.26. The highest BCUT2D eigenvalue weighted by atomic mass is 32.1. The number of amides is 1. The fraction of sp³-hybridized carbons (Fsp3) is 0.389. The van der Waals surface area contributed by atoms with E-state index in [2.05, 4.69) is 20.3 Å². The molecule has 0 saturated heterocycles. The molecule has 0 radical (unpaired) electrons. The van der Waals surface area contributed by atoms with Crippen molar-refractivity contribution in [1.29, 1.82) is 0 Å². The molecule has 0 bridgehead atoms. The van der Waals surface area contributed by atoms with Crippen LogP contribution in [0.5, 0.6) is 5.06 Å². The average molecular weight is 412 g/mol. The highest BCUT2D eigenvalue weighted by Crippen LogP contribution is 2.30. The second-order valence-electron chi connectivity index (χ2n) is 6.47. The van der Waals surface area contributed by atoms with Crippen LogP contribution >= 0.6 is 11.3 Å². The first-order chi connectivity index (χ1) is 13.2. The van der Waals surface area contributed by atoms with Gasteiger partial charge in [0.1, 0.15) is 11.3 Å². The van der Waals surface area contributed by atoms with Gasteiger partial charge in [0.25, 0.3) is 0 Å². The van der Waals surface area contributed by atoms with Crippen molar-refractivity contribution in [3.05, 3.63) is 41.3 Å².